The van der Waals surface area contributed by atoms with E-state index in [1.54, 1.807) is 6.07 Å². The highest BCUT2D eigenvalue weighted by Gasteiger charge is 2.18. The summed E-state index contributed by atoms with van der Waals surface area (Å²) in [6, 6.07) is 3.65. The molecule has 1 unspecified atom stereocenters. The lowest BCUT2D eigenvalue weighted by Crippen LogP contribution is -2.29. The molecule has 0 saturated heterocycles. The van der Waals surface area contributed by atoms with Crippen molar-refractivity contribution in [1.82, 2.24) is 0 Å². The number of carboxylic acids is 1. The number of nitrogens with zero attached hydrogens (tertiary/aromatic N) is 1. The molecule has 1 aromatic rings. The van der Waals surface area contributed by atoms with Crippen LogP contribution in [0.4, 0.5) is 11.4 Å². The number of hydrogen-bond acceptors (Lipinski definition) is 4. The van der Waals surface area contributed by atoms with E-state index in [2.05, 4.69) is 5.32 Å². The summed E-state index contributed by atoms with van der Waals surface area (Å²) in [6.07, 6.45) is 2.26. The summed E-state index contributed by atoms with van der Waals surface area (Å²) in [4.78, 5) is 21.3. The van der Waals surface area contributed by atoms with E-state index in [1.165, 1.54) is 12.1 Å². The van der Waals surface area contributed by atoms with Crippen molar-refractivity contribution in [1.29, 1.82) is 0 Å². The molecule has 0 aromatic heterocycles. The van der Waals surface area contributed by atoms with Crippen molar-refractivity contribution < 1.29 is 14.8 Å². The van der Waals surface area contributed by atoms with E-state index in [9.17, 15) is 14.9 Å². The van der Waals surface area contributed by atoms with Gasteiger partial charge >= 0.3 is 5.97 Å². The first-order chi connectivity index (χ1) is 8.95. The summed E-state index contributed by atoms with van der Waals surface area (Å²) in [7, 11) is 0. The Kier molecular flexibility index (Phi) is 6.00. The number of benzene rings is 1. The highest BCUT2D eigenvalue weighted by molar-refractivity contribution is 14.1. The largest absolute Gasteiger partial charge is 0.480 e. The molecule has 0 fully saturated rings. The lowest BCUT2D eigenvalue weighted by atomic mass is 10.1. The zero-order chi connectivity index (χ0) is 14.4. The molecule has 0 aliphatic carbocycles. The number of anilines is 1. The summed E-state index contributed by atoms with van der Waals surface area (Å²) >= 11 is 1.95. The third-order valence-electron chi connectivity index (χ3n) is 2.64. The van der Waals surface area contributed by atoms with Crippen molar-refractivity contribution in [2.24, 2.45) is 0 Å². The number of non-ortho nitro benzene ring substituents is 1. The van der Waals surface area contributed by atoms with Gasteiger partial charge in [0, 0.05) is 21.4 Å². The molecule has 1 rings (SSSR count). The molecule has 0 spiro atoms. The first-order valence-electron chi connectivity index (χ1n) is 5.89. The van der Waals surface area contributed by atoms with Crippen LogP contribution < -0.4 is 5.32 Å². The van der Waals surface area contributed by atoms with Gasteiger partial charge in [-0.05, 0) is 35.1 Å². The number of nitro benzene ring substituents is 1. The maximum atomic E-state index is 11.1. The molecule has 7 heteroatoms. The first kappa shape index (κ1) is 15.7. The van der Waals surface area contributed by atoms with E-state index in [0.29, 0.717) is 15.7 Å². The molecule has 19 heavy (non-hydrogen) atoms. The van der Waals surface area contributed by atoms with Gasteiger partial charge in [-0.1, -0.05) is 19.8 Å². The molecule has 104 valence electrons. The maximum absolute atomic E-state index is 11.1. The predicted octanol–water partition coefficient (Wildman–Crippen LogP) is 3.25. The van der Waals surface area contributed by atoms with Crippen molar-refractivity contribution in [2.75, 3.05) is 5.32 Å². The zero-order valence-electron chi connectivity index (χ0n) is 10.4. The van der Waals surface area contributed by atoms with Crippen molar-refractivity contribution in [3.63, 3.8) is 0 Å². The molecule has 0 radical (unpaired) electrons. The van der Waals surface area contributed by atoms with Gasteiger partial charge in [-0.2, -0.15) is 0 Å². The van der Waals surface area contributed by atoms with Crippen LogP contribution in [0.3, 0.4) is 0 Å². The van der Waals surface area contributed by atoms with Gasteiger partial charge in [0.2, 0.25) is 0 Å². The zero-order valence-corrected chi connectivity index (χ0v) is 12.6. The van der Waals surface area contributed by atoms with Crippen LogP contribution in [0.5, 0.6) is 0 Å². The molecule has 6 nitrogen and oxygen atoms in total. The lowest BCUT2D eigenvalue weighted by Gasteiger charge is -2.16. The van der Waals surface area contributed by atoms with Gasteiger partial charge in [-0.25, -0.2) is 4.79 Å². The van der Waals surface area contributed by atoms with Gasteiger partial charge in [-0.3, -0.25) is 10.1 Å². The molecule has 0 aliphatic heterocycles. The third kappa shape index (κ3) is 4.66. The summed E-state index contributed by atoms with van der Waals surface area (Å²) in [6.45, 7) is 1.99. The van der Waals surface area contributed by atoms with E-state index in [-0.39, 0.29) is 5.69 Å². The second-order valence-electron chi connectivity index (χ2n) is 4.10. The van der Waals surface area contributed by atoms with Gasteiger partial charge < -0.3 is 10.4 Å². The van der Waals surface area contributed by atoms with E-state index >= 15 is 0 Å². The molecular weight excluding hydrogens is 363 g/mol. The Morgan fingerprint density at radius 3 is 2.74 bits per heavy atom. The number of carbonyl (C=O) groups is 1. The van der Waals surface area contributed by atoms with Crippen LogP contribution in [0.25, 0.3) is 0 Å². The minimum Gasteiger partial charge on any atom is -0.480 e. The molecule has 2 N–H and O–H groups in total. The molecule has 1 aromatic carbocycles. The van der Waals surface area contributed by atoms with E-state index in [1.807, 2.05) is 29.5 Å². The summed E-state index contributed by atoms with van der Waals surface area (Å²) < 4.78 is 0.634. The van der Waals surface area contributed by atoms with Crippen molar-refractivity contribution >= 4 is 39.9 Å². The second kappa shape index (κ2) is 7.27. The fourth-order valence-corrected chi connectivity index (χ4v) is 2.24. The number of nitro groups is 1. The lowest BCUT2D eigenvalue weighted by molar-refractivity contribution is -0.384. The van der Waals surface area contributed by atoms with Gasteiger partial charge in [0.25, 0.3) is 5.69 Å². The monoisotopic (exact) mass is 378 g/mol. The Morgan fingerprint density at radius 1 is 1.58 bits per heavy atom. The molecular formula is C12H15IN2O4. The Balaban J connectivity index is 2.84. The number of carboxylic acid groups (broad SMARTS) is 1. The minimum absolute atomic E-state index is 0.00427. The Bertz CT molecular complexity index is 479. The topological polar surface area (TPSA) is 92.5 Å². The molecule has 1 atom stereocenters. The van der Waals surface area contributed by atoms with E-state index in [0.717, 1.165) is 12.8 Å². The summed E-state index contributed by atoms with van der Waals surface area (Å²) in [5.41, 5.74) is 0.602. The normalized spacial score (nSPS) is 11.9. The van der Waals surface area contributed by atoms with Crippen LogP contribution in [-0.2, 0) is 4.79 Å². The molecule has 0 aliphatic rings. The summed E-state index contributed by atoms with van der Waals surface area (Å²) in [5, 5.41) is 22.7. The Labute approximate surface area is 124 Å². The SMILES string of the molecule is CCCCC(Nc1ccc([N+](=O)[O-])cc1I)C(=O)O. The van der Waals surface area contributed by atoms with Gasteiger partial charge in [0.05, 0.1) is 4.92 Å². The van der Waals surface area contributed by atoms with Gasteiger partial charge in [0.15, 0.2) is 0 Å². The minimum atomic E-state index is -0.914. The van der Waals surface area contributed by atoms with Crippen LogP contribution in [0.15, 0.2) is 18.2 Å². The summed E-state index contributed by atoms with van der Waals surface area (Å²) in [5.74, 6) is -0.914. The molecule has 0 bridgehead atoms. The highest BCUT2D eigenvalue weighted by atomic mass is 127. The quantitative estimate of drug-likeness (QED) is 0.432. The fourth-order valence-electron chi connectivity index (χ4n) is 1.59. The molecule has 0 amide bonds. The number of hydrogen-bond donors (Lipinski definition) is 2. The van der Waals surface area contributed by atoms with Crippen molar-refractivity contribution in [3.05, 3.63) is 31.9 Å². The van der Waals surface area contributed by atoms with Crippen LogP contribution in [-0.4, -0.2) is 22.0 Å². The number of aliphatic carboxylic acids is 1. The molecule has 0 saturated carbocycles. The van der Waals surface area contributed by atoms with E-state index < -0.39 is 16.9 Å². The number of nitrogens with one attached hydrogen (secondary N) is 1. The van der Waals surface area contributed by atoms with Crippen LogP contribution in [0.1, 0.15) is 26.2 Å². The highest BCUT2D eigenvalue weighted by Crippen LogP contribution is 2.24. The number of unbranched alkanes of at least 4 members (excludes halogenated alkanes) is 1. The second-order valence-corrected chi connectivity index (χ2v) is 5.26. The van der Waals surface area contributed by atoms with Crippen LogP contribution >= 0.6 is 22.6 Å². The van der Waals surface area contributed by atoms with E-state index in [4.69, 9.17) is 5.11 Å². The smallest absolute Gasteiger partial charge is 0.326 e. The predicted molar refractivity (Wildman–Crippen MR) is 80.4 cm³/mol. The standard InChI is InChI=1S/C12H15IN2O4/c1-2-3-4-11(12(16)17)14-10-6-5-8(15(18)19)7-9(10)13/h5-7,11,14H,2-4H2,1H3,(H,16,17). The third-order valence-corrected chi connectivity index (χ3v) is 3.53. The van der Waals surface area contributed by atoms with Crippen molar-refractivity contribution in [2.45, 2.75) is 32.2 Å². The molecule has 0 heterocycles. The van der Waals surface area contributed by atoms with Crippen LogP contribution in [0, 0.1) is 13.7 Å². The van der Waals surface area contributed by atoms with Crippen LogP contribution in [0.2, 0.25) is 0 Å². The average molecular weight is 378 g/mol. The average Bonchev–Trinajstić information content (AvgIpc) is 2.35. The maximum Gasteiger partial charge on any atom is 0.326 e. The Morgan fingerprint density at radius 2 is 2.26 bits per heavy atom. The Hall–Kier alpha value is -1.38. The van der Waals surface area contributed by atoms with Gasteiger partial charge in [0.1, 0.15) is 6.04 Å². The van der Waals surface area contributed by atoms with Gasteiger partial charge in [-0.15, -0.1) is 0 Å². The number of rotatable bonds is 7. The first-order valence-corrected chi connectivity index (χ1v) is 6.96. The fraction of sp³-hybridized carbons (Fsp3) is 0.417. The van der Waals surface area contributed by atoms with Crippen molar-refractivity contribution in [3.8, 4) is 0 Å². The number of halogens is 1.